The Morgan fingerprint density at radius 3 is 2.62 bits per heavy atom. The summed E-state index contributed by atoms with van der Waals surface area (Å²) >= 11 is 0. The number of amides is 1. The van der Waals surface area contributed by atoms with Crippen LogP contribution in [0.3, 0.4) is 0 Å². The molecule has 1 amide bonds. The molecule has 0 unspecified atom stereocenters. The molecule has 4 aromatic rings. The molecule has 2 aliphatic rings. The number of benzene rings is 2. The maximum atomic E-state index is 11.8. The predicted molar refractivity (Wildman–Crippen MR) is 126 cm³/mol. The molecule has 0 bridgehead atoms. The quantitative estimate of drug-likeness (QED) is 0.363. The summed E-state index contributed by atoms with van der Waals surface area (Å²) in [5.74, 6) is 0.242. The molecule has 3 heterocycles. The van der Waals surface area contributed by atoms with Crippen LogP contribution in [0.1, 0.15) is 18.4 Å². The first kappa shape index (κ1) is 20.2. The van der Waals surface area contributed by atoms with Gasteiger partial charge in [0.2, 0.25) is 5.62 Å². The molecule has 1 saturated carbocycles. The highest BCUT2D eigenvalue weighted by molar-refractivity contribution is 5.96. The Bertz CT molecular complexity index is 1510. The highest BCUT2D eigenvalue weighted by Crippen LogP contribution is 2.49. The number of fused-ring (bicyclic) bond motifs is 1. The molecule has 9 heteroatoms. The van der Waals surface area contributed by atoms with Crippen molar-refractivity contribution in [1.82, 2.24) is 19.7 Å². The van der Waals surface area contributed by atoms with Gasteiger partial charge in [0.25, 0.3) is 0 Å². The second kappa shape index (κ2) is 7.58. The number of nitrogens with zero attached hydrogens (tertiary/aromatic N) is 5. The third-order valence-corrected chi connectivity index (χ3v) is 6.52. The highest BCUT2D eigenvalue weighted by Gasteiger charge is 2.50. The minimum atomic E-state index is -0.488. The molecule has 2 aromatic carbocycles. The molecule has 168 valence electrons. The van der Waals surface area contributed by atoms with Gasteiger partial charge in [-0.05, 0) is 48.7 Å². The molecule has 6 rings (SSSR count). The van der Waals surface area contributed by atoms with E-state index in [9.17, 15) is 4.79 Å². The van der Waals surface area contributed by atoms with Crippen molar-refractivity contribution in [3.8, 4) is 11.3 Å². The molecule has 1 aliphatic heterocycles. The van der Waals surface area contributed by atoms with Gasteiger partial charge in [-0.25, -0.2) is 9.78 Å². The van der Waals surface area contributed by atoms with Crippen LogP contribution in [0.15, 0.2) is 67.0 Å². The number of hydrogen-bond acceptors (Lipinski definition) is 7. The van der Waals surface area contributed by atoms with E-state index >= 15 is 0 Å². The first-order valence-corrected chi connectivity index (χ1v) is 11.1. The van der Waals surface area contributed by atoms with E-state index in [2.05, 4.69) is 21.1 Å². The zero-order valence-corrected chi connectivity index (χ0v) is 18.2. The van der Waals surface area contributed by atoms with Crippen molar-refractivity contribution in [2.45, 2.75) is 18.3 Å². The average molecular weight is 451 g/mol. The minimum absolute atomic E-state index is 0.0843. The van der Waals surface area contributed by atoms with Crippen molar-refractivity contribution >= 4 is 28.5 Å². The number of hydrogen-bond donors (Lipinski definition) is 2. The van der Waals surface area contributed by atoms with Gasteiger partial charge in [-0.3, -0.25) is 20.7 Å². The van der Waals surface area contributed by atoms with Crippen LogP contribution in [0.5, 0.6) is 0 Å². The van der Waals surface area contributed by atoms with Gasteiger partial charge < -0.3 is 4.74 Å². The number of carbonyl (C=O) groups is 1. The Hall–Kier alpha value is -4.40. The van der Waals surface area contributed by atoms with Crippen LogP contribution in [0, 0.1) is 10.8 Å². The van der Waals surface area contributed by atoms with Gasteiger partial charge in [-0.15, -0.1) is 0 Å². The number of pyridine rings is 1. The third kappa shape index (κ3) is 3.24. The lowest BCUT2D eigenvalue weighted by Crippen LogP contribution is -2.38. The number of nitrogens with one attached hydrogen (secondary N) is 2. The van der Waals surface area contributed by atoms with Gasteiger partial charge >= 0.3 is 6.09 Å². The number of carbonyl (C=O) groups excluding carboxylic acids is 1. The first-order valence-electron chi connectivity index (χ1n) is 11.1. The van der Waals surface area contributed by atoms with E-state index in [4.69, 9.17) is 15.6 Å². The molecule has 0 spiro atoms. The fraction of sp³-hybridized carbons (Fsp3) is 0.200. The Kier molecular flexibility index (Phi) is 4.51. The molecule has 1 saturated heterocycles. The summed E-state index contributed by atoms with van der Waals surface area (Å²) in [6.07, 6.45) is 4.58. The van der Waals surface area contributed by atoms with E-state index in [1.807, 2.05) is 48.5 Å². The Balaban J connectivity index is 1.33. The summed E-state index contributed by atoms with van der Waals surface area (Å²) in [7, 11) is 0. The minimum Gasteiger partial charge on any atom is -0.447 e. The predicted octanol–water partition coefficient (Wildman–Crippen LogP) is 3.49. The van der Waals surface area contributed by atoms with Gasteiger partial charge in [0.05, 0.1) is 23.7 Å². The SMILES string of the molecule is N=C(n1nc(-c2ccc(N3CCOC3=O)cc2)cnc1=N)C1(c2ccc3ncccc3c2)CC1. The molecule has 2 N–H and O–H groups in total. The highest BCUT2D eigenvalue weighted by atomic mass is 16.6. The molecule has 1 aliphatic carbocycles. The molecular formula is C25H21N7O2. The van der Waals surface area contributed by atoms with E-state index in [1.54, 1.807) is 11.1 Å². The summed E-state index contributed by atoms with van der Waals surface area (Å²) in [5.41, 5.74) is 3.45. The normalized spacial score (nSPS) is 16.5. The number of cyclic esters (lactones) is 1. The lowest BCUT2D eigenvalue weighted by Gasteiger charge is -2.19. The van der Waals surface area contributed by atoms with Crippen molar-refractivity contribution in [1.29, 1.82) is 10.8 Å². The van der Waals surface area contributed by atoms with Crippen molar-refractivity contribution < 1.29 is 9.53 Å². The number of rotatable bonds is 4. The topological polar surface area (TPSA) is 121 Å². The first-order chi connectivity index (χ1) is 16.5. The maximum Gasteiger partial charge on any atom is 0.414 e. The molecule has 2 aromatic heterocycles. The van der Waals surface area contributed by atoms with E-state index in [0.717, 1.165) is 40.6 Å². The smallest absolute Gasteiger partial charge is 0.414 e. The molecule has 0 radical (unpaired) electrons. The molecular weight excluding hydrogens is 430 g/mol. The second-order valence-electron chi connectivity index (χ2n) is 8.53. The molecule has 9 nitrogen and oxygen atoms in total. The fourth-order valence-corrected chi connectivity index (χ4v) is 4.45. The van der Waals surface area contributed by atoms with E-state index in [-0.39, 0.29) is 17.5 Å². The maximum absolute atomic E-state index is 11.8. The summed E-state index contributed by atoms with van der Waals surface area (Å²) in [5, 5.41) is 22.9. The van der Waals surface area contributed by atoms with Gasteiger partial charge in [-0.1, -0.05) is 24.3 Å². The standard InChI is InChI=1S/C25H21N7O2/c26-22(25(9-10-25)18-5-8-20-17(14-18)2-1-11-28-20)32-23(27)29-15-21(30-32)16-3-6-19(7-4-16)31-12-13-34-24(31)33/h1-8,11,14-15,26-27H,9-10,12-13H2. The van der Waals surface area contributed by atoms with Gasteiger partial charge in [0.1, 0.15) is 18.1 Å². The van der Waals surface area contributed by atoms with Gasteiger partial charge in [-0.2, -0.15) is 9.78 Å². The van der Waals surface area contributed by atoms with Crippen LogP contribution < -0.4 is 10.5 Å². The van der Waals surface area contributed by atoms with Crippen LogP contribution in [0.25, 0.3) is 22.2 Å². The van der Waals surface area contributed by atoms with Gasteiger partial charge in [0, 0.05) is 22.8 Å². The molecule has 34 heavy (non-hydrogen) atoms. The van der Waals surface area contributed by atoms with Crippen LogP contribution >= 0.6 is 0 Å². The van der Waals surface area contributed by atoms with Crippen molar-refractivity contribution in [2.24, 2.45) is 0 Å². The third-order valence-electron chi connectivity index (χ3n) is 6.52. The number of aromatic nitrogens is 4. The molecule has 0 atom stereocenters. The van der Waals surface area contributed by atoms with Gasteiger partial charge in [0.15, 0.2) is 0 Å². The zero-order valence-electron chi connectivity index (χ0n) is 18.2. The van der Waals surface area contributed by atoms with E-state index in [1.165, 1.54) is 10.9 Å². The number of ether oxygens (including phenoxy) is 1. The Morgan fingerprint density at radius 1 is 1.06 bits per heavy atom. The zero-order chi connectivity index (χ0) is 23.3. The second-order valence-corrected chi connectivity index (χ2v) is 8.53. The summed E-state index contributed by atoms with van der Waals surface area (Å²) in [4.78, 5) is 22.0. The lowest BCUT2D eigenvalue weighted by molar-refractivity contribution is 0.181. The van der Waals surface area contributed by atoms with Crippen molar-refractivity contribution in [2.75, 3.05) is 18.1 Å². The Labute approximate surface area is 194 Å². The van der Waals surface area contributed by atoms with Crippen LogP contribution in [-0.2, 0) is 10.2 Å². The molecule has 2 fully saturated rings. The number of anilines is 1. The van der Waals surface area contributed by atoms with Crippen LogP contribution in [0.4, 0.5) is 10.5 Å². The summed E-state index contributed by atoms with van der Waals surface area (Å²) in [6.45, 7) is 0.907. The van der Waals surface area contributed by atoms with Crippen molar-refractivity contribution in [3.63, 3.8) is 0 Å². The monoisotopic (exact) mass is 451 g/mol. The summed E-state index contributed by atoms with van der Waals surface area (Å²) < 4.78 is 6.32. The Morgan fingerprint density at radius 2 is 1.88 bits per heavy atom. The van der Waals surface area contributed by atoms with E-state index in [0.29, 0.717) is 18.8 Å². The van der Waals surface area contributed by atoms with Crippen LogP contribution in [0.2, 0.25) is 0 Å². The fourth-order valence-electron chi connectivity index (χ4n) is 4.45. The lowest BCUT2D eigenvalue weighted by atomic mass is 9.93. The van der Waals surface area contributed by atoms with Crippen molar-refractivity contribution in [3.05, 3.63) is 78.2 Å². The largest absolute Gasteiger partial charge is 0.447 e. The summed E-state index contributed by atoms with van der Waals surface area (Å²) in [6, 6.07) is 17.4. The average Bonchev–Trinajstić information content (AvgIpc) is 3.58. The van der Waals surface area contributed by atoms with Crippen LogP contribution in [-0.4, -0.2) is 44.8 Å². The van der Waals surface area contributed by atoms with E-state index < -0.39 is 5.41 Å².